The molecule has 1 amide bonds. The molecule has 0 aromatic heterocycles. The molecule has 0 aliphatic carbocycles. The van der Waals surface area contributed by atoms with Gasteiger partial charge in [-0.05, 0) is 43.4 Å². The zero-order valence-electron chi connectivity index (χ0n) is 15.7. The van der Waals surface area contributed by atoms with Gasteiger partial charge in [-0.25, -0.2) is 4.39 Å². The van der Waals surface area contributed by atoms with E-state index in [0.29, 0.717) is 23.5 Å². The second-order valence-corrected chi connectivity index (χ2v) is 6.03. The van der Waals surface area contributed by atoms with Crippen molar-refractivity contribution in [1.29, 1.82) is 0 Å². The van der Waals surface area contributed by atoms with E-state index < -0.39 is 12.2 Å². The van der Waals surface area contributed by atoms with Crippen molar-refractivity contribution in [3.63, 3.8) is 0 Å². The second-order valence-electron chi connectivity index (χ2n) is 6.03. The molecule has 27 heavy (non-hydrogen) atoms. The van der Waals surface area contributed by atoms with Crippen LogP contribution >= 0.6 is 0 Å². The summed E-state index contributed by atoms with van der Waals surface area (Å²) in [6.45, 7) is 7.34. The minimum atomic E-state index is -1.18. The number of carbonyl (C=O) groups is 1. The second kappa shape index (κ2) is 10.5. The minimum absolute atomic E-state index is 0.219. The maximum absolute atomic E-state index is 13.2. The number of benzene rings is 2. The molecular weight excluding hydrogens is 347 g/mol. The van der Waals surface area contributed by atoms with E-state index in [1.165, 1.54) is 12.1 Å². The summed E-state index contributed by atoms with van der Waals surface area (Å²) in [5.41, 5.74) is 1.34. The van der Waals surface area contributed by atoms with Crippen molar-refractivity contribution in [3.8, 4) is 0 Å². The molecule has 6 nitrogen and oxygen atoms in total. The van der Waals surface area contributed by atoms with Gasteiger partial charge in [0.2, 0.25) is 6.35 Å². The Hall–Kier alpha value is -2.64. The molecule has 0 saturated carbocycles. The predicted octanol–water partition coefficient (Wildman–Crippen LogP) is 2.70. The van der Waals surface area contributed by atoms with Crippen LogP contribution in [0.4, 0.5) is 15.8 Å². The highest BCUT2D eigenvalue weighted by molar-refractivity contribution is 5.99. The highest BCUT2D eigenvalue weighted by atomic mass is 19.1. The van der Waals surface area contributed by atoms with Crippen molar-refractivity contribution >= 4 is 17.3 Å². The summed E-state index contributed by atoms with van der Waals surface area (Å²) in [6, 6.07) is 12.7. The van der Waals surface area contributed by atoms with Gasteiger partial charge >= 0.3 is 0 Å². The highest BCUT2D eigenvalue weighted by Crippen LogP contribution is 2.17. The van der Waals surface area contributed by atoms with Gasteiger partial charge in [-0.3, -0.25) is 4.79 Å². The van der Waals surface area contributed by atoms with Crippen LogP contribution in [-0.4, -0.2) is 48.4 Å². The fourth-order valence-corrected chi connectivity index (χ4v) is 2.69. The van der Waals surface area contributed by atoms with E-state index in [4.69, 9.17) is 0 Å². The van der Waals surface area contributed by atoms with Gasteiger partial charge in [0.05, 0.1) is 11.3 Å². The van der Waals surface area contributed by atoms with Crippen LogP contribution in [0.25, 0.3) is 0 Å². The lowest BCUT2D eigenvalue weighted by molar-refractivity contribution is 0.0949. The third-order valence-corrected chi connectivity index (χ3v) is 4.20. The predicted molar refractivity (Wildman–Crippen MR) is 106 cm³/mol. The number of aliphatic hydroxyl groups is 1. The van der Waals surface area contributed by atoms with Gasteiger partial charge in [-0.2, -0.15) is 0 Å². The van der Waals surface area contributed by atoms with Crippen LogP contribution in [0.2, 0.25) is 0 Å². The first kappa shape index (κ1) is 20.7. The average molecular weight is 374 g/mol. The molecule has 0 fully saturated rings. The normalized spacial score (nSPS) is 11.9. The number of carbonyl (C=O) groups excluding carboxylic acids is 1. The van der Waals surface area contributed by atoms with Crippen LogP contribution in [0.15, 0.2) is 48.5 Å². The fraction of sp³-hybridized carbons (Fsp3) is 0.350. The van der Waals surface area contributed by atoms with Gasteiger partial charge in [-0.15, -0.1) is 0 Å². The Morgan fingerprint density at radius 3 is 2.56 bits per heavy atom. The Bertz CT molecular complexity index is 737. The number of amides is 1. The number of rotatable bonds is 10. The third-order valence-electron chi connectivity index (χ3n) is 4.20. The lowest BCUT2D eigenvalue weighted by Gasteiger charge is -2.20. The Kier molecular flexibility index (Phi) is 8.03. The molecule has 1 unspecified atom stereocenters. The first-order valence-electron chi connectivity index (χ1n) is 9.09. The van der Waals surface area contributed by atoms with E-state index in [1.807, 2.05) is 0 Å². The SMILES string of the molecule is CCN(CC)CCNC(=O)c1ccccc1NC(O)Nc1cccc(F)c1. The van der Waals surface area contributed by atoms with E-state index >= 15 is 0 Å². The standard InChI is InChI=1S/C20H27FN4O2/c1-3-25(4-2)13-12-22-19(26)17-10-5-6-11-18(17)24-20(27)23-16-9-7-8-15(21)14-16/h5-11,14,20,23-24,27H,3-4,12-13H2,1-2H3,(H,22,26). The highest BCUT2D eigenvalue weighted by Gasteiger charge is 2.13. The molecule has 2 aromatic carbocycles. The smallest absolute Gasteiger partial charge is 0.253 e. The van der Waals surface area contributed by atoms with Crippen molar-refractivity contribution in [2.75, 3.05) is 36.8 Å². The summed E-state index contributed by atoms with van der Waals surface area (Å²) in [7, 11) is 0. The van der Waals surface area contributed by atoms with Crippen LogP contribution < -0.4 is 16.0 Å². The maximum Gasteiger partial charge on any atom is 0.253 e. The Labute approximate surface area is 159 Å². The summed E-state index contributed by atoms with van der Waals surface area (Å²) in [5, 5.41) is 18.6. The average Bonchev–Trinajstić information content (AvgIpc) is 2.65. The Morgan fingerprint density at radius 2 is 1.85 bits per heavy atom. The molecule has 2 aromatic rings. The number of aliphatic hydroxyl groups excluding tert-OH is 1. The molecule has 0 saturated heterocycles. The third kappa shape index (κ3) is 6.54. The lowest BCUT2D eigenvalue weighted by Crippen LogP contribution is -2.35. The van der Waals surface area contributed by atoms with Gasteiger partial charge in [-0.1, -0.05) is 32.0 Å². The van der Waals surface area contributed by atoms with E-state index in [0.717, 1.165) is 19.6 Å². The summed E-state index contributed by atoms with van der Waals surface area (Å²) >= 11 is 0. The van der Waals surface area contributed by atoms with Crippen molar-refractivity contribution in [3.05, 3.63) is 59.9 Å². The maximum atomic E-state index is 13.2. The molecule has 2 rings (SSSR count). The molecule has 0 aliphatic rings. The summed E-state index contributed by atoms with van der Waals surface area (Å²) in [5.74, 6) is -0.622. The Morgan fingerprint density at radius 1 is 1.11 bits per heavy atom. The number of anilines is 2. The van der Waals surface area contributed by atoms with Crippen LogP contribution in [0.1, 0.15) is 24.2 Å². The molecule has 4 N–H and O–H groups in total. The summed E-state index contributed by atoms with van der Waals surface area (Å²) < 4.78 is 13.2. The van der Waals surface area contributed by atoms with Crippen molar-refractivity contribution < 1.29 is 14.3 Å². The molecule has 0 aliphatic heterocycles. The summed E-state index contributed by atoms with van der Waals surface area (Å²) in [6.07, 6.45) is -1.18. The van der Waals surface area contributed by atoms with E-state index in [2.05, 4.69) is 34.7 Å². The number of nitrogens with zero attached hydrogens (tertiary/aromatic N) is 1. The molecule has 0 bridgehead atoms. The zero-order chi connectivity index (χ0) is 19.6. The topological polar surface area (TPSA) is 76.6 Å². The first-order valence-corrected chi connectivity index (χ1v) is 9.09. The summed E-state index contributed by atoms with van der Waals surface area (Å²) in [4.78, 5) is 14.7. The molecule has 146 valence electrons. The first-order chi connectivity index (χ1) is 13.0. The minimum Gasteiger partial charge on any atom is -0.357 e. The monoisotopic (exact) mass is 374 g/mol. The molecule has 0 radical (unpaired) electrons. The molecule has 1 atom stereocenters. The van der Waals surface area contributed by atoms with Crippen LogP contribution in [0, 0.1) is 5.82 Å². The number of hydrogen-bond donors (Lipinski definition) is 4. The Balaban J connectivity index is 1.96. The fourth-order valence-electron chi connectivity index (χ4n) is 2.69. The lowest BCUT2D eigenvalue weighted by atomic mass is 10.1. The van der Waals surface area contributed by atoms with Gasteiger partial charge < -0.3 is 26.0 Å². The molecular formula is C20H27FN4O2. The quantitative estimate of drug-likeness (QED) is 0.481. The number of para-hydroxylation sites is 1. The van der Waals surface area contributed by atoms with Crippen molar-refractivity contribution in [1.82, 2.24) is 10.2 Å². The largest absolute Gasteiger partial charge is 0.357 e. The van der Waals surface area contributed by atoms with E-state index in [9.17, 15) is 14.3 Å². The van der Waals surface area contributed by atoms with E-state index in [-0.39, 0.29) is 5.91 Å². The molecule has 0 spiro atoms. The van der Waals surface area contributed by atoms with Crippen molar-refractivity contribution in [2.45, 2.75) is 20.2 Å². The van der Waals surface area contributed by atoms with Crippen molar-refractivity contribution in [2.24, 2.45) is 0 Å². The van der Waals surface area contributed by atoms with E-state index in [1.54, 1.807) is 36.4 Å². The number of halogens is 1. The van der Waals surface area contributed by atoms with Gasteiger partial charge in [0, 0.05) is 18.8 Å². The van der Waals surface area contributed by atoms with Crippen LogP contribution in [-0.2, 0) is 0 Å². The molecule has 7 heteroatoms. The zero-order valence-corrected chi connectivity index (χ0v) is 15.7. The number of hydrogen-bond acceptors (Lipinski definition) is 5. The van der Waals surface area contributed by atoms with Crippen LogP contribution in [0.3, 0.4) is 0 Å². The number of likely N-dealkylation sites (N-methyl/N-ethyl adjacent to an activating group) is 1. The van der Waals surface area contributed by atoms with Gasteiger partial charge in [0.25, 0.3) is 5.91 Å². The van der Waals surface area contributed by atoms with Gasteiger partial charge in [0.1, 0.15) is 5.82 Å². The van der Waals surface area contributed by atoms with Gasteiger partial charge in [0.15, 0.2) is 0 Å². The molecule has 0 heterocycles. The number of nitrogens with one attached hydrogen (secondary N) is 3. The van der Waals surface area contributed by atoms with Crippen LogP contribution in [0.5, 0.6) is 0 Å².